The highest BCUT2D eigenvalue weighted by atomic mass is 16.5. The van der Waals surface area contributed by atoms with Crippen molar-refractivity contribution in [1.29, 1.82) is 0 Å². The number of amides is 2. The number of nitrogens with one attached hydrogen (secondary N) is 2. The summed E-state index contributed by atoms with van der Waals surface area (Å²) < 4.78 is 10.8. The van der Waals surface area contributed by atoms with E-state index in [4.69, 9.17) is 9.47 Å². The third kappa shape index (κ3) is 6.22. The lowest BCUT2D eigenvalue weighted by molar-refractivity contribution is -0.153. The number of hydrogen-bond acceptors (Lipinski definition) is 5. The highest BCUT2D eigenvalue weighted by molar-refractivity contribution is 5.98. The molecule has 3 rings (SSSR count). The SMILES string of the molecule is COc1ccc(C)cc1NC(=O)[C@@H](OC(=O)CNC(=O)c1ccc(C)c(C)c1)c1ccccc1. The molecular weight excluding hydrogens is 432 g/mol. The number of carbonyl (C=O) groups excluding carboxylic acids is 3. The van der Waals surface area contributed by atoms with E-state index in [1.54, 1.807) is 54.6 Å². The summed E-state index contributed by atoms with van der Waals surface area (Å²) in [7, 11) is 1.51. The summed E-state index contributed by atoms with van der Waals surface area (Å²) in [6, 6.07) is 19.4. The van der Waals surface area contributed by atoms with Crippen LogP contribution in [-0.2, 0) is 14.3 Å². The second-order valence-electron chi connectivity index (χ2n) is 7.96. The molecule has 3 aromatic carbocycles. The Morgan fingerprint density at radius 2 is 1.62 bits per heavy atom. The first kappa shape index (κ1) is 24.5. The number of methoxy groups -OCH3 is 1. The summed E-state index contributed by atoms with van der Waals surface area (Å²) in [6.45, 7) is 5.38. The number of benzene rings is 3. The maximum atomic E-state index is 13.1. The topological polar surface area (TPSA) is 93.7 Å². The van der Waals surface area contributed by atoms with Gasteiger partial charge < -0.3 is 20.1 Å². The second-order valence-corrected chi connectivity index (χ2v) is 7.96. The number of esters is 1. The van der Waals surface area contributed by atoms with Crippen molar-refractivity contribution < 1.29 is 23.9 Å². The Balaban J connectivity index is 1.72. The molecule has 0 radical (unpaired) electrons. The fourth-order valence-electron chi connectivity index (χ4n) is 3.33. The minimum atomic E-state index is -1.21. The average molecular weight is 461 g/mol. The molecule has 0 fully saturated rings. The number of aryl methyl sites for hydroxylation is 3. The van der Waals surface area contributed by atoms with Crippen LogP contribution in [0.4, 0.5) is 5.69 Å². The summed E-state index contributed by atoms with van der Waals surface area (Å²) in [4.78, 5) is 38.1. The van der Waals surface area contributed by atoms with E-state index in [1.165, 1.54) is 7.11 Å². The normalized spacial score (nSPS) is 11.3. The van der Waals surface area contributed by atoms with Crippen LogP contribution in [0.15, 0.2) is 66.7 Å². The van der Waals surface area contributed by atoms with Crippen LogP contribution in [0, 0.1) is 20.8 Å². The Bertz CT molecular complexity index is 1190. The van der Waals surface area contributed by atoms with Crippen LogP contribution in [0.2, 0.25) is 0 Å². The molecule has 1 atom stereocenters. The zero-order valence-electron chi connectivity index (χ0n) is 19.7. The minimum absolute atomic E-state index is 0.379. The number of rotatable bonds is 8. The molecule has 2 amide bonds. The van der Waals surface area contributed by atoms with Crippen LogP contribution in [0.1, 0.15) is 38.7 Å². The molecule has 0 unspecified atom stereocenters. The van der Waals surface area contributed by atoms with E-state index < -0.39 is 23.9 Å². The molecule has 3 aromatic rings. The number of carbonyl (C=O) groups is 3. The van der Waals surface area contributed by atoms with E-state index >= 15 is 0 Å². The smallest absolute Gasteiger partial charge is 0.326 e. The molecule has 176 valence electrons. The standard InChI is InChI=1S/C27H28N2O5/c1-17-10-13-23(33-4)22(14-17)29-27(32)25(20-8-6-5-7-9-20)34-24(30)16-28-26(31)21-12-11-18(2)19(3)15-21/h5-15,25H,16H2,1-4H3,(H,28,31)(H,29,32)/t25-/m0/s1. The van der Waals surface area contributed by atoms with Gasteiger partial charge in [-0.25, -0.2) is 0 Å². The van der Waals surface area contributed by atoms with Gasteiger partial charge in [0.1, 0.15) is 12.3 Å². The van der Waals surface area contributed by atoms with E-state index in [2.05, 4.69) is 10.6 Å². The fraction of sp³-hybridized carbons (Fsp3) is 0.222. The van der Waals surface area contributed by atoms with Crippen LogP contribution < -0.4 is 15.4 Å². The predicted molar refractivity (Wildman–Crippen MR) is 130 cm³/mol. The van der Waals surface area contributed by atoms with Gasteiger partial charge in [0.05, 0.1) is 12.8 Å². The molecule has 0 aliphatic rings. The Morgan fingerprint density at radius 1 is 0.882 bits per heavy atom. The summed E-state index contributed by atoms with van der Waals surface area (Å²) in [5.41, 5.74) is 4.38. The lowest BCUT2D eigenvalue weighted by atomic mass is 10.1. The van der Waals surface area contributed by atoms with Crippen molar-refractivity contribution >= 4 is 23.5 Å². The molecule has 0 heterocycles. The summed E-state index contributed by atoms with van der Waals surface area (Å²) in [5.74, 6) is -1.19. The largest absolute Gasteiger partial charge is 0.495 e. The van der Waals surface area contributed by atoms with E-state index in [0.29, 0.717) is 22.6 Å². The van der Waals surface area contributed by atoms with Crippen molar-refractivity contribution in [3.63, 3.8) is 0 Å². The van der Waals surface area contributed by atoms with Crippen molar-refractivity contribution in [3.05, 3.63) is 94.5 Å². The van der Waals surface area contributed by atoms with Gasteiger partial charge in [0.25, 0.3) is 11.8 Å². The fourth-order valence-corrected chi connectivity index (χ4v) is 3.33. The third-order valence-corrected chi connectivity index (χ3v) is 5.36. The van der Waals surface area contributed by atoms with Gasteiger partial charge in [-0.3, -0.25) is 14.4 Å². The highest BCUT2D eigenvalue weighted by Gasteiger charge is 2.26. The van der Waals surface area contributed by atoms with E-state index in [0.717, 1.165) is 16.7 Å². The molecule has 0 aliphatic heterocycles. The Morgan fingerprint density at radius 3 is 2.29 bits per heavy atom. The molecule has 7 nitrogen and oxygen atoms in total. The molecule has 0 aromatic heterocycles. The number of anilines is 1. The highest BCUT2D eigenvalue weighted by Crippen LogP contribution is 2.27. The van der Waals surface area contributed by atoms with E-state index in [1.807, 2.05) is 32.9 Å². The zero-order valence-corrected chi connectivity index (χ0v) is 19.7. The van der Waals surface area contributed by atoms with Gasteiger partial charge in [-0.2, -0.15) is 0 Å². The molecule has 0 aliphatic carbocycles. The van der Waals surface area contributed by atoms with E-state index in [-0.39, 0.29) is 6.54 Å². The molecule has 0 saturated heterocycles. The molecule has 7 heteroatoms. The van der Waals surface area contributed by atoms with Gasteiger partial charge in [0.15, 0.2) is 0 Å². The van der Waals surface area contributed by atoms with Crippen LogP contribution in [0.5, 0.6) is 5.75 Å². The molecule has 0 bridgehead atoms. The van der Waals surface area contributed by atoms with Crippen molar-refractivity contribution in [2.45, 2.75) is 26.9 Å². The van der Waals surface area contributed by atoms with E-state index in [9.17, 15) is 14.4 Å². The Kier molecular flexibility index (Phi) is 8.03. The molecule has 34 heavy (non-hydrogen) atoms. The zero-order chi connectivity index (χ0) is 24.7. The molecule has 0 spiro atoms. The first-order valence-corrected chi connectivity index (χ1v) is 10.8. The van der Waals surface area contributed by atoms with Crippen LogP contribution in [-0.4, -0.2) is 31.4 Å². The monoisotopic (exact) mass is 460 g/mol. The van der Waals surface area contributed by atoms with Crippen LogP contribution >= 0.6 is 0 Å². The van der Waals surface area contributed by atoms with Gasteiger partial charge in [0, 0.05) is 11.1 Å². The van der Waals surface area contributed by atoms with Gasteiger partial charge in [0.2, 0.25) is 6.10 Å². The van der Waals surface area contributed by atoms with Crippen molar-refractivity contribution in [3.8, 4) is 5.75 Å². The number of ether oxygens (including phenoxy) is 2. The minimum Gasteiger partial charge on any atom is -0.495 e. The number of hydrogen-bond donors (Lipinski definition) is 2. The quantitative estimate of drug-likeness (QED) is 0.490. The van der Waals surface area contributed by atoms with Gasteiger partial charge in [-0.05, 0) is 61.7 Å². The molecule has 0 saturated carbocycles. The van der Waals surface area contributed by atoms with Crippen LogP contribution in [0.25, 0.3) is 0 Å². The van der Waals surface area contributed by atoms with Gasteiger partial charge >= 0.3 is 5.97 Å². The van der Waals surface area contributed by atoms with Crippen molar-refractivity contribution in [2.75, 3.05) is 19.0 Å². The van der Waals surface area contributed by atoms with Crippen molar-refractivity contribution in [1.82, 2.24) is 5.32 Å². The summed E-state index contributed by atoms with van der Waals surface area (Å²) in [5, 5.41) is 5.33. The van der Waals surface area contributed by atoms with Gasteiger partial charge in [-0.1, -0.05) is 42.5 Å². The maximum absolute atomic E-state index is 13.1. The third-order valence-electron chi connectivity index (χ3n) is 5.36. The molecular formula is C27H28N2O5. The Labute approximate surface area is 199 Å². The summed E-state index contributed by atoms with van der Waals surface area (Å²) in [6.07, 6.45) is -1.21. The first-order valence-electron chi connectivity index (χ1n) is 10.8. The molecule has 2 N–H and O–H groups in total. The maximum Gasteiger partial charge on any atom is 0.326 e. The average Bonchev–Trinajstić information content (AvgIpc) is 2.83. The lowest BCUT2D eigenvalue weighted by Crippen LogP contribution is -2.33. The second kappa shape index (κ2) is 11.1. The Hall–Kier alpha value is -4.13. The predicted octanol–water partition coefficient (Wildman–Crippen LogP) is 4.27. The van der Waals surface area contributed by atoms with Gasteiger partial charge in [-0.15, -0.1) is 0 Å². The van der Waals surface area contributed by atoms with Crippen molar-refractivity contribution in [2.24, 2.45) is 0 Å². The lowest BCUT2D eigenvalue weighted by Gasteiger charge is -2.19. The summed E-state index contributed by atoms with van der Waals surface area (Å²) >= 11 is 0. The first-order chi connectivity index (χ1) is 16.3. The van der Waals surface area contributed by atoms with Crippen LogP contribution in [0.3, 0.4) is 0 Å².